The number of anilines is 1. The number of amides is 3. The fourth-order valence-corrected chi connectivity index (χ4v) is 5.02. The molecule has 0 aliphatic carbocycles. The molecule has 1 aliphatic rings. The summed E-state index contributed by atoms with van der Waals surface area (Å²) >= 11 is 6.07. The van der Waals surface area contributed by atoms with Crippen LogP contribution in [0.2, 0.25) is 5.02 Å². The van der Waals surface area contributed by atoms with Gasteiger partial charge in [0.2, 0.25) is 0 Å². The lowest BCUT2D eigenvalue weighted by Gasteiger charge is -2.32. The summed E-state index contributed by atoms with van der Waals surface area (Å²) in [6.07, 6.45) is 4.81. The molecule has 10 heteroatoms. The molecule has 5 rings (SSSR count). The molecule has 1 aliphatic heterocycles. The van der Waals surface area contributed by atoms with E-state index in [1.807, 2.05) is 55.5 Å². The Morgan fingerprint density at radius 1 is 1.08 bits per heavy atom. The number of nitrogens with one attached hydrogen (secondary N) is 2. The standard InChI is InChI=1S/C28H30ClN7O2/c1-2-36-26-23(17-33-36)25(34-21-11-13-35(14-12-21)28(30)38)24(16-31-26)27(37)32-15-19-5-3-4-6-22(19)18-7-9-20(29)10-8-18/h3-10,16-17,21H,2,11-15H2,1H3,(H2,30,38)(H,31,34)(H,32,37). The highest BCUT2D eigenvalue weighted by molar-refractivity contribution is 6.30. The Labute approximate surface area is 226 Å². The molecule has 1 saturated heterocycles. The Morgan fingerprint density at radius 3 is 2.53 bits per heavy atom. The van der Waals surface area contributed by atoms with Crippen LogP contribution < -0.4 is 16.4 Å². The number of likely N-dealkylation sites (tertiary alicyclic amines) is 1. The molecule has 196 valence electrons. The van der Waals surface area contributed by atoms with Gasteiger partial charge in [-0.15, -0.1) is 0 Å². The normalized spacial score (nSPS) is 14.0. The van der Waals surface area contributed by atoms with Crippen molar-refractivity contribution >= 4 is 40.3 Å². The number of carbonyl (C=O) groups excluding carboxylic acids is 2. The Kier molecular flexibility index (Phi) is 7.46. The number of urea groups is 1. The number of primary amides is 1. The molecule has 3 heterocycles. The minimum atomic E-state index is -0.405. The summed E-state index contributed by atoms with van der Waals surface area (Å²) in [7, 11) is 0. The number of hydrogen-bond acceptors (Lipinski definition) is 5. The molecule has 0 atom stereocenters. The SMILES string of the molecule is CCn1ncc2c(NC3CCN(C(N)=O)CC3)c(C(=O)NCc3ccccc3-c3ccc(Cl)cc3)cnc21. The number of nitrogens with two attached hydrogens (primary N) is 1. The highest BCUT2D eigenvalue weighted by atomic mass is 35.5. The van der Waals surface area contributed by atoms with E-state index >= 15 is 0 Å². The number of rotatable bonds is 7. The second-order valence-electron chi connectivity index (χ2n) is 9.34. The fraction of sp³-hybridized carbons (Fsp3) is 0.286. The molecule has 0 spiro atoms. The van der Waals surface area contributed by atoms with Crippen molar-refractivity contribution < 1.29 is 9.59 Å². The van der Waals surface area contributed by atoms with E-state index in [4.69, 9.17) is 17.3 Å². The van der Waals surface area contributed by atoms with E-state index in [1.54, 1.807) is 22.0 Å². The molecule has 2 aromatic carbocycles. The van der Waals surface area contributed by atoms with E-state index in [9.17, 15) is 9.59 Å². The minimum absolute atomic E-state index is 0.0818. The van der Waals surface area contributed by atoms with Crippen LogP contribution in [0.4, 0.5) is 10.5 Å². The van der Waals surface area contributed by atoms with Crippen LogP contribution in [0.3, 0.4) is 0 Å². The predicted molar refractivity (Wildman–Crippen MR) is 149 cm³/mol. The third kappa shape index (κ3) is 5.28. The van der Waals surface area contributed by atoms with Gasteiger partial charge in [-0.25, -0.2) is 14.5 Å². The fourth-order valence-electron chi connectivity index (χ4n) is 4.89. The predicted octanol–water partition coefficient (Wildman–Crippen LogP) is 4.66. The maximum absolute atomic E-state index is 13.5. The number of pyridine rings is 1. The first-order chi connectivity index (χ1) is 18.4. The van der Waals surface area contributed by atoms with Crippen molar-refractivity contribution in [3.8, 4) is 11.1 Å². The summed E-state index contributed by atoms with van der Waals surface area (Å²) in [5.74, 6) is -0.230. The molecule has 0 saturated carbocycles. The second kappa shape index (κ2) is 11.1. The van der Waals surface area contributed by atoms with E-state index in [-0.39, 0.29) is 11.9 Å². The van der Waals surface area contributed by atoms with Gasteiger partial charge in [-0.05, 0) is 48.6 Å². The van der Waals surface area contributed by atoms with Crippen molar-refractivity contribution in [1.82, 2.24) is 25.0 Å². The minimum Gasteiger partial charge on any atom is -0.381 e. The summed E-state index contributed by atoms with van der Waals surface area (Å²) < 4.78 is 1.81. The largest absolute Gasteiger partial charge is 0.381 e. The first-order valence-corrected chi connectivity index (χ1v) is 13.1. The maximum atomic E-state index is 13.5. The molecular formula is C28H30ClN7O2. The summed E-state index contributed by atoms with van der Waals surface area (Å²) in [6, 6.07) is 15.3. The Bertz CT molecular complexity index is 1460. The topological polar surface area (TPSA) is 118 Å². The number of hydrogen-bond donors (Lipinski definition) is 3. The smallest absolute Gasteiger partial charge is 0.314 e. The number of piperidine rings is 1. The maximum Gasteiger partial charge on any atom is 0.314 e. The first-order valence-electron chi connectivity index (χ1n) is 12.7. The van der Waals surface area contributed by atoms with E-state index in [2.05, 4.69) is 20.7 Å². The molecule has 0 radical (unpaired) electrons. The van der Waals surface area contributed by atoms with E-state index in [0.29, 0.717) is 48.1 Å². The lowest BCUT2D eigenvalue weighted by Crippen LogP contribution is -2.44. The number of benzene rings is 2. The molecule has 0 unspecified atom stereocenters. The van der Waals surface area contributed by atoms with Gasteiger partial charge < -0.3 is 21.3 Å². The average Bonchev–Trinajstić information content (AvgIpc) is 3.36. The zero-order valence-electron chi connectivity index (χ0n) is 21.2. The van der Waals surface area contributed by atoms with Crippen molar-refractivity contribution in [1.29, 1.82) is 0 Å². The van der Waals surface area contributed by atoms with E-state index in [0.717, 1.165) is 34.9 Å². The zero-order chi connectivity index (χ0) is 26.6. The van der Waals surface area contributed by atoms with Gasteiger partial charge in [0, 0.05) is 43.4 Å². The summed E-state index contributed by atoms with van der Waals surface area (Å²) in [4.78, 5) is 31.3. The molecule has 4 N–H and O–H groups in total. The van der Waals surface area contributed by atoms with Crippen LogP contribution in [0.5, 0.6) is 0 Å². The molecule has 9 nitrogen and oxygen atoms in total. The number of aryl methyl sites for hydroxylation is 1. The van der Waals surface area contributed by atoms with Gasteiger partial charge in [0.05, 0.1) is 22.8 Å². The molecule has 0 bridgehead atoms. The molecule has 4 aromatic rings. The van der Waals surface area contributed by atoms with Crippen molar-refractivity contribution in [3.63, 3.8) is 0 Å². The molecule has 38 heavy (non-hydrogen) atoms. The number of nitrogens with zero attached hydrogens (tertiary/aromatic N) is 4. The van der Waals surface area contributed by atoms with Crippen molar-refractivity contribution in [2.45, 2.75) is 38.9 Å². The Morgan fingerprint density at radius 2 is 1.82 bits per heavy atom. The lowest BCUT2D eigenvalue weighted by atomic mass is 9.99. The van der Waals surface area contributed by atoms with Gasteiger partial charge in [-0.3, -0.25) is 4.79 Å². The van der Waals surface area contributed by atoms with Crippen LogP contribution in [0.25, 0.3) is 22.2 Å². The zero-order valence-corrected chi connectivity index (χ0v) is 21.9. The van der Waals surface area contributed by atoms with Crippen LogP contribution in [-0.4, -0.2) is 50.7 Å². The van der Waals surface area contributed by atoms with Gasteiger partial charge in [0.1, 0.15) is 0 Å². The Balaban J connectivity index is 1.40. The van der Waals surface area contributed by atoms with E-state index < -0.39 is 6.03 Å². The van der Waals surface area contributed by atoms with Gasteiger partial charge in [0.25, 0.3) is 5.91 Å². The monoisotopic (exact) mass is 531 g/mol. The number of aromatic nitrogens is 3. The van der Waals surface area contributed by atoms with Crippen molar-refractivity contribution in [3.05, 3.63) is 77.1 Å². The van der Waals surface area contributed by atoms with Crippen molar-refractivity contribution in [2.24, 2.45) is 5.73 Å². The first kappa shape index (κ1) is 25.5. The van der Waals surface area contributed by atoms with Gasteiger partial charge >= 0.3 is 6.03 Å². The van der Waals surface area contributed by atoms with Gasteiger partial charge in [-0.2, -0.15) is 5.10 Å². The quantitative estimate of drug-likeness (QED) is 0.320. The Hall–Kier alpha value is -4.11. The lowest BCUT2D eigenvalue weighted by molar-refractivity contribution is 0.0951. The molecule has 2 aromatic heterocycles. The average molecular weight is 532 g/mol. The third-order valence-electron chi connectivity index (χ3n) is 6.98. The van der Waals surface area contributed by atoms with E-state index in [1.165, 1.54) is 0 Å². The number of halogens is 1. The highest BCUT2D eigenvalue weighted by Gasteiger charge is 2.25. The van der Waals surface area contributed by atoms with Gasteiger partial charge in [0.15, 0.2) is 5.65 Å². The number of carbonyl (C=O) groups is 2. The summed E-state index contributed by atoms with van der Waals surface area (Å²) in [5.41, 5.74) is 10.4. The molecule has 1 fully saturated rings. The number of fused-ring (bicyclic) bond motifs is 1. The summed E-state index contributed by atoms with van der Waals surface area (Å²) in [5, 5.41) is 12.6. The molecular weight excluding hydrogens is 502 g/mol. The summed E-state index contributed by atoms with van der Waals surface area (Å²) in [6.45, 7) is 4.15. The molecule has 3 amide bonds. The van der Waals surface area contributed by atoms with Crippen molar-refractivity contribution in [2.75, 3.05) is 18.4 Å². The highest BCUT2D eigenvalue weighted by Crippen LogP contribution is 2.29. The van der Waals surface area contributed by atoms with Gasteiger partial charge in [-0.1, -0.05) is 48.0 Å². The van der Waals surface area contributed by atoms with Crippen LogP contribution in [0.1, 0.15) is 35.7 Å². The van der Waals surface area contributed by atoms with Crippen LogP contribution in [-0.2, 0) is 13.1 Å². The van der Waals surface area contributed by atoms with Crippen LogP contribution in [0, 0.1) is 0 Å². The third-order valence-corrected chi connectivity index (χ3v) is 7.23. The van der Waals surface area contributed by atoms with Crippen LogP contribution >= 0.6 is 11.6 Å². The second-order valence-corrected chi connectivity index (χ2v) is 9.77. The van der Waals surface area contributed by atoms with Crippen LogP contribution in [0.15, 0.2) is 60.9 Å².